The topological polar surface area (TPSA) is 95.0 Å². The molecule has 2 aromatic rings. The number of aromatic nitrogens is 2. The Hall–Kier alpha value is -3.07. The molecule has 0 saturated carbocycles. The Morgan fingerprint density at radius 3 is 2.30 bits per heavy atom. The fourth-order valence-corrected chi connectivity index (χ4v) is 2.78. The number of hydrogen-bond acceptors (Lipinski definition) is 8. The SMILES string of the molecule is COc1cc(NC(=O)c2cc(N3CCOCC3)ncn2)cc(OC)c1OC. The van der Waals surface area contributed by atoms with Gasteiger partial charge in [0.15, 0.2) is 11.5 Å². The molecule has 0 bridgehead atoms. The van der Waals surface area contributed by atoms with Crippen LogP contribution < -0.4 is 24.4 Å². The molecule has 9 nitrogen and oxygen atoms in total. The van der Waals surface area contributed by atoms with Crippen molar-refractivity contribution in [3.05, 3.63) is 30.2 Å². The third kappa shape index (κ3) is 4.20. The van der Waals surface area contributed by atoms with Gasteiger partial charge in [0.1, 0.15) is 17.8 Å². The standard InChI is InChI=1S/C18H22N4O5/c1-24-14-8-12(9-15(25-2)17(14)26-3)21-18(23)13-10-16(20-11-19-13)22-4-6-27-7-5-22/h8-11H,4-7H2,1-3H3,(H,21,23). The van der Waals surface area contributed by atoms with E-state index in [0.717, 1.165) is 13.1 Å². The van der Waals surface area contributed by atoms with Crippen molar-refractivity contribution < 1.29 is 23.7 Å². The molecular formula is C18H22N4O5. The minimum atomic E-state index is -0.360. The average molecular weight is 374 g/mol. The molecule has 0 spiro atoms. The molecule has 1 amide bonds. The summed E-state index contributed by atoms with van der Waals surface area (Å²) in [6.07, 6.45) is 1.38. The summed E-state index contributed by atoms with van der Waals surface area (Å²) in [6, 6.07) is 4.98. The minimum absolute atomic E-state index is 0.264. The van der Waals surface area contributed by atoms with Gasteiger partial charge in [0.25, 0.3) is 5.91 Å². The van der Waals surface area contributed by atoms with Crippen LogP contribution in [0.2, 0.25) is 0 Å². The van der Waals surface area contributed by atoms with Crippen molar-refractivity contribution >= 4 is 17.4 Å². The number of nitrogens with zero attached hydrogens (tertiary/aromatic N) is 3. The number of ether oxygens (including phenoxy) is 4. The fraction of sp³-hybridized carbons (Fsp3) is 0.389. The van der Waals surface area contributed by atoms with Gasteiger partial charge in [0.2, 0.25) is 5.75 Å². The van der Waals surface area contributed by atoms with Crippen LogP contribution in [0.4, 0.5) is 11.5 Å². The van der Waals surface area contributed by atoms with Gasteiger partial charge in [-0.1, -0.05) is 0 Å². The Labute approximate surface area is 157 Å². The Bertz CT molecular complexity index is 783. The summed E-state index contributed by atoms with van der Waals surface area (Å²) in [5.41, 5.74) is 0.765. The maximum Gasteiger partial charge on any atom is 0.274 e. The second-order valence-electron chi connectivity index (χ2n) is 5.73. The molecule has 0 radical (unpaired) electrons. The highest BCUT2D eigenvalue weighted by atomic mass is 16.5. The lowest BCUT2D eigenvalue weighted by atomic mass is 10.2. The van der Waals surface area contributed by atoms with Gasteiger partial charge in [-0.2, -0.15) is 0 Å². The molecule has 1 aromatic carbocycles. The van der Waals surface area contributed by atoms with E-state index in [1.807, 2.05) is 0 Å². The summed E-state index contributed by atoms with van der Waals surface area (Å²) in [4.78, 5) is 23.0. The Kier molecular flexibility index (Phi) is 5.92. The van der Waals surface area contributed by atoms with Crippen LogP contribution in [0.3, 0.4) is 0 Å². The number of hydrogen-bond donors (Lipinski definition) is 1. The van der Waals surface area contributed by atoms with Gasteiger partial charge in [-0.3, -0.25) is 4.79 Å². The van der Waals surface area contributed by atoms with E-state index < -0.39 is 0 Å². The molecule has 1 saturated heterocycles. The molecule has 144 valence electrons. The molecule has 2 heterocycles. The average Bonchev–Trinajstić information content (AvgIpc) is 2.73. The minimum Gasteiger partial charge on any atom is -0.493 e. The van der Waals surface area contributed by atoms with E-state index >= 15 is 0 Å². The number of morpholine rings is 1. The van der Waals surface area contributed by atoms with E-state index in [4.69, 9.17) is 18.9 Å². The summed E-state index contributed by atoms with van der Waals surface area (Å²) in [5.74, 6) is 1.69. The number of benzene rings is 1. The summed E-state index contributed by atoms with van der Waals surface area (Å²) in [6.45, 7) is 2.73. The smallest absolute Gasteiger partial charge is 0.274 e. The molecule has 3 rings (SSSR count). The zero-order valence-electron chi connectivity index (χ0n) is 15.5. The molecule has 0 aliphatic carbocycles. The van der Waals surface area contributed by atoms with E-state index in [9.17, 15) is 4.79 Å². The van der Waals surface area contributed by atoms with Crippen LogP contribution in [0, 0.1) is 0 Å². The molecule has 1 fully saturated rings. The van der Waals surface area contributed by atoms with Crippen LogP contribution in [0.25, 0.3) is 0 Å². The lowest BCUT2D eigenvalue weighted by Crippen LogP contribution is -2.37. The molecule has 0 unspecified atom stereocenters. The number of methoxy groups -OCH3 is 3. The first-order valence-electron chi connectivity index (χ1n) is 8.42. The fourth-order valence-electron chi connectivity index (χ4n) is 2.78. The predicted octanol–water partition coefficient (Wildman–Crippen LogP) is 1.59. The van der Waals surface area contributed by atoms with E-state index in [1.165, 1.54) is 27.7 Å². The number of rotatable bonds is 6. The second-order valence-corrected chi connectivity index (χ2v) is 5.73. The lowest BCUT2D eigenvalue weighted by Gasteiger charge is -2.27. The third-order valence-electron chi connectivity index (χ3n) is 4.14. The first-order chi connectivity index (χ1) is 13.2. The highest BCUT2D eigenvalue weighted by molar-refractivity contribution is 6.03. The van der Waals surface area contributed by atoms with Crippen molar-refractivity contribution in [1.82, 2.24) is 9.97 Å². The Morgan fingerprint density at radius 1 is 1.04 bits per heavy atom. The predicted molar refractivity (Wildman–Crippen MR) is 99.1 cm³/mol. The molecule has 1 aromatic heterocycles. The highest BCUT2D eigenvalue weighted by Crippen LogP contribution is 2.40. The van der Waals surface area contributed by atoms with Crippen LogP contribution in [-0.4, -0.2) is 63.5 Å². The summed E-state index contributed by atoms with van der Waals surface area (Å²) >= 11 is 0. The molecule has 1 aliphatic rings. The number of nitrogens with one attached hydrogen (secondary N) is 1. The van der Waals surface area contributed by atoms with E-state index in [1.54, 1.807) is 18.2 Å². The lowest BCUT2D eigenvalue weighted by molar-refractivity contribution is 0.102. The Balaban J connectivity index is 1.81. The molecule has 0 atom stereocenters. The van der Waals surface area contributed by atoms with Crippen molar-refractivity contribution in [2.24, 2.45) is 0 Å². The second kappa shape index (κ2) is 8.54. The van der Waals surface area contributed by atoms with Gasteiger partial charge >= 0.3 is 0 Å². The van der Waals surface area contributed by atoms with Gasteiger partial charge < -0.3 is 29.2 Å². The molecular weight excluding hydrogens is 352 g/mol. The van der Waals surface area contributed by atoms with Crippen LogP contribution >= 0.6 is 0 Å². The van der Waals surface area contributed by atoms with E-state index in [2.05, 4.69) is 20.2 Å². The number of carbonyl (C=O) groups excluding carboxylic acids is 1. The summed E-state index contributed by atoms with van der Waals surface area (Å²) in [5, 5.41) is 2.80. The monoisotopic (exact) mass is 374 g/mol. The van der Waals surface area contributed by atoms with E-state index in [-0.39, 0.29) is 11.6 Å². The van der Waals surface area contributed by atoms with Crippen LogP contribution in [0.5, 0.6) is 17.2 Å². The van der Waals surface area contributed by atoms with Gasteiger partial charge in [-0.25, -0.2) is 9.97 Å². The number of amides is 1. The van der Waals surface area contributed by atoms with Gasteiger partial charge in [-0.15, -0.1) is 0 Å². The van der Waals surface area contributed by atoms with Crippen molar-refractivity contribution in [2.75, 3.05) is 57.8 Å². The van der Waals surface area contributed by atoms with Crippen molar-refractivity contribution in [1.29, 1.82) is 0 Å². The third-order valence-corrected chi connectivity index (χ3v) is 4.14. The van der Waals surface area contributed by atoms with Crippen molar-refractivity contribution in [3.63, 3.8) is 0 Å². The summed E-state index contributed by atoms with van der Waals surface area (Å²) < 4.78 is 21.2. The molecule has 1 N–H and O–H groups in total. The van der Waals surface area contributed by atoms with Gasteiger partial charge in [-0.05, 0) is 0 Å². The normalized spacial score (nSPS) is 13.8. The van der Waals surface area contributed by atoms with E-state index in [0.29, 0.717) is 42.0 Å². The van der Waals surface area contributed by atoms with Crippen LogP contribution in [0.15, 0.2) is 24.5 Å². The van der Waals surface area contributed by atoms with Crippen LogP contribution in [0.1, 0.15) is 10.5 Å². The molecule has 9 heteroatoms. The number of anilines is 2. The Morgan fingerprint density at radius 2 is 1.70 bits per heavy atom. The van der Waals surface area contributed by atoms with Crippen LogP contribution in [-0.2, 0) is 4.74 Å². The van der Waals surface area contributed by atoms with Gasteiger partial charge in [0.05, 0.1) is 34.5 Å². The zero-order chi connectivity index (χ0) is 19.2. The summed E-state index contributed by atoms with van der Waals surface area (Å²) in [7, 11) is 4.55. The molecule has 27 heavy (non-hydrogen) atoms. The number of carbonyl (C=O) groups is 1. The van der Waals surface area contributed by atoms with Gasteiger partial charge in [0, 0.05) is 37.0 Å². The van der Waals surface area contributed by atoms with Crippen molar-refractivity contribution in [2.45, 2.75) is 0 Å². The van der Waals surface area contributed by atoms with Crippen molar-refractivity contribution in [3.8, 4) is 17.2 Å². The zero-order valence-corrected chi connectivity index (χ0v) is 15.5. The largest absolute Gasteiger partial charge is 0.493 e. The first-order valence-corrected chi connectivity index (χ1v) is 8.42. The maximum atomic E-state index is 12.6. The first kappa shape index (κ1) is 18.7. The molecule has 1 aliphatic heterocycles. The maximum absolute atomic E-state index is 12.6. The highest BCUT2D eigenvalue weighted by Gasteiger charge is 2.18. The quantitative estimate of drug-likeness (QED) is 0.815.